The number of urea groups is 1. The van der Waals surface area contributed by atoms with Gasteiger partial charge in [0.05, 0.1) is 18.1 Å². The molecule has 5 N–H and O–H groups in total. The molecule has 1 saturated heterocycles. The van der Waals surface area contributed by atoms with Crippen molar-refractivity contribution in [3.63, 3.8) is 0 Å². The van der Waals surface area contributed by atoms with Gasteiger partial charge in [-0.1, -0.05) is 0 Å². The minimum atomic E-state index is -1.05. The van der Waals surface area contributed by atoms with E-state index in [2.05, 4.69) is 10.6 Å². The molecule has 0 saturated carbocycles. The monoisotopic (exact) mass is 480 g/mol. The number of nitrogens with one attached hydrogen (secondary N) is 3. The molecule has 0 radical (unpaired) electrons. The van der Waals surface area contributed by atoms with Gasteiger partial charge in [0.2, 0.25) is 5.91 Å². The lowest BCUT2D eigenvalue weighted by Gasteiger charge is -2.15. The lowest BCUT2D eigenvalue weighted by atomic mass is 9.95. The molecule has 180 valence electrons. The highest BCUT2D eigenvalue weighted by Gasteiger charge is 2.27. The zero-order chi connectivity index (χ0) is 23.8. The summed E-state index contributed by atoms with van der Waals surface area (Å²) >= 11 is 1.39. The number of carbonyl (C=O) groups excluding carboxylic acids is 5. The van der Waals surface area contributed by atoms with Crippen molar-refractivity contribution >= 4 is 46.1 Å². The summed E-state index contributed by atoms with van der Waals surface area (Å²) in [6.07, 6.45) is 5.12. The Kier molecular flexibility index (Phi) is 8.78. The standard InChI is InChI=1S/C21H28N4O7S/c22-21(30)25-16(27)11-32-17(28)8-7-15(26)24-20-18(13-5-1-2-6-14(13)33-20)19(29)23-10-12-4-3-9-31-12/h12H,1-11H2,(H,23,29)(H,24,26)(H3,22,25,27,30). The number of ether oxygens (including phenoxy) is 2. The number of fused-ring (bicyclic) bond motifs is 1. The van der Waals surface area contributed by atoms with Gasteiger partial charge in [0, 0.05) is 24.4 Å². The van der Waals surface area contributed by atoms with Crippen LogP contribution in [0.3, 0.4) is 0 Å². The van der Waals surface area contributed by atoms with E-state index in [4.69, 9.17) is 15.2 Å². The molecule has 33 heavy (non-hydrogen) atoms. The Morgan fingerprint density at radius 2 is 1.85 bits per heavy atom. The second-order valence-electron chi connectivity index (χ2n) is 7.88. The van der Waals surface area contributed by atoms with E-state index in [0.29, 0.717) is 23.7 Å². The third-order valence-electron chi connectivity index (χ3n) is 5.35. The highest BCUT2D eigenvalue weighted by Crippen LogP contribution is 2.38. The Labute approximate surface area is 194 Å². The van der Waals surface area contributed by atoms with Crippen LogP contribution in [0.5, 0.6) is 0 Å². The molecule has 11 nitrogen and oxygen atoms in total. The largest absolute Gasteiger partial charge is 0.456 e. The molecular formula is C21H28N4O7S. The number of amides is 5. The number of anilines is 1. The Morgan fingerprint density at radius 1 is 1.06 bits per heavy atom. The molecule has 1 unspecified atom stereocenters. The average molecular weight is 481 g/mol. The summed E-state index contributed by atoms with van der Waals surface area (Å²) in [5.41, 5.74) is 6.26. The predicted octanol–water partition coefficient (Wildman–Crippen LogP) is 0.992. The summed E-state index contributed by atoms with van der Waals surface area (Å²) in [7, 11) is 0. The van der Waals surface area contributed by atoms with E-state index >= 15 is 0 Å². The van der Waals surface area contributed by atoms with Crippen LogP contribution in [-0.2, 0) is 36.7 Å². The van der Waals surface area contributed by atoms with Crippen LogP contribution < -0.4 is 21.7 Å². The lowest BCUT2D eigenvalue weighted by Crippen LogP contribution is -2.37. The zero-order valence-electron chi connectivity index (χ0n) is 18.2. The van der Waals surface area contributed by atoms with E-state index in [0.717, 1.165) is 49.0 Å². The molecule has 0 spiro atoms. The van der Waals surface area contributed by atoms with Crippen LogP contribution in [0, 0.1) is 0 Å². The van der Waals surface area contributed by atoms with Crippen molar-refractivity contribution in [3.05, 3.63) is 16.0 Å². The number of rotatable bonds is 9. The minimum absolute atomic E-state index is 0.0116. The first kappa shape index (κ1) is 24.6. The molecule has 1 aromatic heterocycles. The van der Waals surface area contributed by atoms with Crippen molar-refractivity contribution in [3.8, 4) is 0 Å². The second kappa shape index (κ2) is 11.8. The molecule has 0 bridgehead atoms. The number of hydrogen-bond acceptors (Lipinski definition) is 8. The molecule has 5 amide bonds. The molecule has 0 aromatic carbocycles. The highest BCUT2D eigenvalue weighted by atomic mass is 32.1. The number of hydrogen-bond donors (Lipinski definition) is 4. The lowest BCUT2D eigenvalue weighted by molar-refractivity contribution is -0.148. The van der Waals surface area contributed by atoms with Gasteiger partial charge in [-0.3, -0.25) is 24.5 Å². The van der Waals surface area contributed by atoms with Gasteiger partial charge in [-0.05, 0) is 44.1 Å². The third-order valence-corrected chi connectivity index (χ3v) is 6.56. The van der Waals surface area contributed by atoms with Crippen molar-refractivity contribution in [2.75, 3.05) is 25.1 Å². The van der Waals surface area contributed by atoms with Crippen molar-refractivity contribution in [1.29, 1.82) is 0 Å². The summed E-state index contributed by atoms with van der Waals surface area (Å²) in [5.74, 6) is -2.31. The summed E-state index contributed by atoms with van der Waals surface area (Å²) in [6, 6.07) is -1.05. The van der Waals surface area contributed by atoms with E-state index < -0.39 is 30.4 Å². The SMILES string of the molecule is NC(=O)NC(=O)COC(=O)CCC(=O)Nc1sc2c(c1C(=O)NCC1CCCO1)CCCC2. The topological polar surface area (TPSA) is 166 Å². The van der Waals surface area contributed by atoms with Crippen LogP contribution in [0.4, 0.5) is 9.80 Å². The quantitative estimate of drug-likeness (QED) is 0.383. The minimum Gasteiger partial charge on any atom is -0.456 e. The number of primary amides is 1. The first-order chi connectivity index (χ1) is 15.8. The summed E-state index contributed by atoms with van der Waals surface area (Å²) in [4.78, 5) is 60.1. The maximum atomic E-state index is 13.0. The zero-order valence-corrected chi connectivity index (χ0v) is 19.0. The fourth-order valence-electron chi connectivity index (χ4n) is 3.79. The summed E-state index contributed by atoms with van der Waals surface area (Å²) in [6.45, 7) is 0.454. The molecule has 1 aliphatic carbocycles. The number of nitrogens with two attached hydrogens (primary N) is 1. The number of aryl methyl sites for hydroxylation is 1. The maximum absolute atomic E-state index is 13.0. The molecule has 2 heterocycles. The van der Waals surface area contributed by atoms with Crippen LogP contribution in [0.25, 0.3) is 0 Å². The van der Waals surface area contributed by atoms with Gasteiger partial charge < -0.3 is 25.8 Å². The van der Waals surface area contributed by atoms with Crippen LogP contribution in [0.1, 0.15) is 59.3 Å². The molecule has 1 atom stereocenters. The average Bonchev–Trinajstić information content (AvgIpc) is 3.41. The molecule has 3 rings (SSSR count). The van der Waals surface area contributed by atoms with Crippen molar-refractivity contribution in [2.45, 2.75) is 57.5 Å². The third kappa shape index (κ3) is 7.26. The molecular weight excluding hydrogens is 452 g/mol. The smallest absolute Gasteiger partial charge is 0.318 e. The van der Waals surface area contributed by atoms with Crippen LogP contribution in [-0.4, -0.2) is 55.6 Å². The second-order valence-corrected chi connectivity index (χ2v) is 8.99. The van der Waals surface area contributed by atoms with E-state index in [1.54, 1.807) is 5.32 Å². The normalized spacial score (nSPS) is 17.0. The van der Waals surface area contributed by atoms with Crippen molar-refractivity contribution < 1.29 is 33.4 Å². The van der Waals surface area contributed by atoms with Gasteiger partial charge in [-0.25, -0.2) is 4.79 Å². The molecule has 12 heteroatoms. The van der Waals surface area contributed by atoms with Crippen LogP contribution in [0.2, 0.25) is 0 Å². The summed E-state index contributed by atoms with van der Waals surface area (Å²) < 4.78 is 10.3. The Morgan fingerprint density at radius 3 is 2.58 bits per heavy atom. The van der Waals surface area contributed by atoms with Crippen LogP contribution in [0.15, 0.2) is 0 Å². The van der Waals surface area contributed by atoms with Crippen molar-refractivity contribution in [2.24, 2.45) is 5.73 Å². The van der Waals surface area contributed by atoms with Gasteiger partial charge in [0.25, 0.3) is 11.8 Å². The first-order valence-corrected chi connectivity index (χ1v) is 11.7. The fraction of sp³-hybridized carbons (Fsp3) is 0.571. The van der Waals surface area contributed by atoms with Gasteiger partial charge in [0.1, 0.15) is 5.00 Å². The Balaban J connectivity index is 1.55. The van der Waals surface area contributed by atoms with E-state index in [-0.39, 0.29) is 24.9 Å². The van der Waals surface area contributed by atoms with Gasteiger partial charge >= 0.3 is 12.0 Å². The number of esters is 1. The molecule has 1 aliphatic heterocycles. The first-order valence-electron chi connectivity index (χ1n) is 10.9. The van der Waals surface area contributed by atoms with Gasteiger partial charge in [0.15, 0.2) is 6.61 Å². The Bertz CT molecular complexity index is 924. The van der Waals surface area contributed by atoms with E-state index in [1.807, 2.05) is 0 Å². The van der Waals surface area contributed by atoms with Gasteiger partial charge in [-0.15, -0.1) is 11.3 Å². The van der Waals surface area contributed by atoms with Crippen molar-refractivity contribution in [1.82, 2.24) is 10.6 Å². The number of carbonyl (C=O) groups is 5. The molecule has 1 aromatic rings. The maximum Gasteiger partial charge on any atom is 0.318 e. The number of thiophene rings is 1. The van der Waals surface area contributed by atoms with E-state index in [1.165, 1.54) is 11.3 Å². The van der Waals surface area contributed by atoms with Crippen LogP contribution >= 0.6 is 11.3 Å². The number of imide groups is 1. The predicted molar refractivity (Wildman–Crippen MR) is 119 cm³/mol. The van der Waals surface area contributed by atoms with E-state index in [9.17, 15) is 24.0 Å². The van der Waals surface area contributed by atoms with Gasteiger partial charge in [-0.2, -0.15) is 0 Å². The Hall–Kier alpha value is -2.99. The molecule has 1 fully saturated rings. The fourth-order valence-corrected chi connectivity index (χ4v) is 5.09. The molecule has 2 aliphatic rings. The summed E-state index contributed by atoms with van der Waals surface area (Å²) in [5, 5.41) is 7.93. The highest BCUT2D eigenvalue weighted by molar-refractivity contribution is 7.17.